The van der Waals surface area contributed by atoms with Crippen molar-refractivity contribution in [3.63, 3.8) is 0 Å². The number of carbonyl (C=O) groups excluding carboxylic acids is 1. The molecule has 16 heavy (non-hydrogen) atoms. The predicted molar refractivity (Wildman–Crippen MR) is 70.5 cm³/mol. The third kappa shape index (κ3) is 2.15. The summed E-state index contributed by atoms with van der Waals surface area (Å²) in [5.41, 5.74) is 2.74. The van der Waals surface area contributed by atoms with Gasteiger partial charge in [0.1, 0.15) is 0 Å². The van der Waals surface area contributed by atoms with Gasteiger partial charge in [0.05, 0.1) is 12.2 Å². The van der Waals surface area contributed by atoms with Gasteiger partial charge < -0.3 is 15.7 Å². The summed E-state index contributed by atoms with van der Waals surface area (Å²) < 4.78 is 0.942. The summed E-state index contributed by atoms with van der Waals surface area (Å²) >= 11 is 2.16. The highest BCUT2D eigenvalue weighted by molar-refractivity contribution is 14.1. The van der Waals surface area contributed by atoms with Crippen molar-refractivity contribution in [2.75, 3.05) is 11.9 Å². The Bertz CT molecular complexity index is 434. The van der Waals surface area contributed by atoms with Crippen molar-refractivity contribution in [2.24, 2.45) is 0 Å². The molecule has 4 nitrogen and oxygen atoms in total. The number of amides is 1. The molecule has 0 saturated heterocycles. The van der Waals surface area contributed by atoms with E-state index >= 15 is 0 Å². The molecule has 1 unspecified atom stereocenters. The number of aliphatic hydroxyl groups is 1. The molecule has 3 N–H and O–H groups in total. The zero-order valence-corrected chi connectivity index (χ0v) is 11.0. The molecule has 0 saturated carbocycles. The molecule has 0 spiro atoms. The van der Waals surface area contributed by atoms with Crippen LogP contribution in [0.4, 0.5) is 5.69 Å². The van der Waals surface area contributed by atoms with E-state index in [-0.39, 0.29) is 18.6 Å². The van der Waals surface area contributed by atoms with Crippen LogP contribution in [0.5, 0.6) is 0 Å². The lowest BCUT2D eigenvalue weighted by atomic mass is 10.1. The maximum Gasteiger partial charge on any atom is 0.252 e. The van der Waals surface area contributed by atoms with Crippen LogP contribution in [0.15, 0.2) is 12.1 Å². The van der Waals surface area contributed by atoms with Crippen LogP contribution < -0.4 is 10.6 Å². The van der Waals surface area contributed by atoms with Crippen molar-refractivity contribution in [1.82, 2.24) is 5.32 Å². The topological polar surface area (TPSA) is 61.4 Å². The molecule has 1 aliphatic rings. The third-order valence-corrected chi connectivity index (χ3v) is 3.38. The number of halogens is 1. The molecule has 0 radical (unpaired) electrons. The van der Waals surface area contributed by atoms with Crippen LogP contribution in [0, 0.1) is 3.57 Å². The number of fused-ring (bicyclic) bond motifs is 1. The van der Waals surface area contributed by atoms with Crippen LogP contribution in [-0.4, -0.2) is 23.7 Å². The first kappa shape index (κ1) is 11.7. The normalized spacial score (nSPS) is 15.6. The van der Waals surface area contributed by atoms with Crippen LogP contribution >= 0.6 is 22.6 Å². The number of carbonyl (C=O) groups is 1. The van der Waals surface area contributed by atoms with E-state index in [1.165, 1.54) is 0 Å². The van der Waals surface area contributed by atoms with E-state index in [0.29, 0.717) is 6.54 Å². The standard InChI is InChI=1S/C11H13IN2O2/c1-6(5-15)14-8-2-7-4-13-11(16)10(7)9(12)3-8/h2-3,6,14-15H,4-5H2,1H3,(H,13,16). The molecule has 0 bridgehead atoms. The molecule has 0 aromatic heterocycles. The summed E-state index contributed by atoms with van der Waals surface area (Å²) in [6, 6.07) is 3.90. The molecule has 1 aliphatic heterocycles. The lowest BCUT2D eigenvalue weighted by molar-refractivity contribution is 0.0965. The smallest absolute Gasteiger partial charge is 0.252 e. The minimum absolute atomic E-state index is 0.00107. The van der Waals surface area contributed by atoms with Crippen molar-refractivity contribution < 1.29 is 9.90 Å². The second-order valence-electron chi connectivity index (χ2n) is 3.90. The number of rotatable bonds is 3. The van der Waals surface area contributed by atoms with Gasteiger partial charge in [0.25, 0.3) is 5.91 Å². The fourth-order valence-corrected chi connectivity index (χ4v) is 2.66. The fourth-order valence-electron chi connectivity index (χ4n) is 1.73. The lowest BCUT2D eigenvalue weighted by Gasteiger charge is -2.13. The van der Waals surface area contributed by atoms with E-state index < -0.39 is 0 Å². The Hall–Kier alpha value is -0.820. The molecule has 0 fully saturated rings. The average Bonchev–Trinajstić information content (AvgIpc) is 2.60. The number of benzene rings is 1. The summed E-state index contributed by atoms with van der Waals surface area (Å²) in [7, 11) is 0. The largest absolute Gasteiger partial charge is 0.394 e. The van der Waals surface area contributed by atoms with Gasteiger partial charge in [-0.05, 0) is 47.2 Å². The van der Waals surface area contributed by atoms with Crippen LogP contribution in [0.25, 0.3) is 0 Å². The SMILES string of the molecule is CC(CO)Nc1cc(I)c2c(c1)CNC2=O. The maximum atomic E-state index is 11.5. The van der Waals surface area contributed by atoms with Crippen molar-refractivity contribution in [3.05, 3.63) is 26.8 Å². The van der Waals surface area contributed by atoms with Gasteiger partial charge >= 0.3 is 0 Å². The predicted octanol–water partition coefficient (Wildman–Crippen LogP) is 1.33. The molecule has 0 aliphatic carbocycles. The summed E-state index contributed by atoms with van der Waals surface area (Å²) in [6.45, 7) is 2.58. The first-order chi connectivity index (χ1) is 7.61. The van der Waals surface area contributed by atoms with Crippen molar-refractivity contribution in [2.45, 2.75) is 19.5 Å². The molecule has 1 atom stereocenters. The summed E-state index contributed by atoms with van der Waals surface area (Å²) in [5.74, 6) is 0.00107. The monoisotopic (exact) mass is 332 g/mol. The van der Waals surface area contributed by atoms with Crippen molar-refractivity contribution >= 4 is 34.2 Å². The molecule has 1 heterocycles. The first-order valence-corrected chi connectivity index (χ1v) is 6.17. The molecular weight excluding hydrogens is 319 g/mol. The Kier molecular flexibility index (Phi) is 3.34. The highest BCUT2D eigenvalue weighted by Crippen LogP contribution is 2.26. The number of hydrogen-bond donors (Lipinski definition) is 3. The van der Waals surface area contributed by atoms with Crippen LogP contribution in [0.1, 0.15) is 22.8 Å². The average molecular weight is 332 g/mol. The van der Waals surface area contributed by atoms with E-state index in [0.717, 1.165) is 20.4 Å². The van der Waals surface area contributed by atoms with Crippen LogP contribution in [0.3, 0.4) is 0 Å². The summed E-state index contributed by atoms with van der Waals surface area (Å²) in [6.07, 6.45) is 0. The Labute approximate surface area is 108 Å². The Balaban J connectivity index is 2.31. The van der Waals surface area contributed by atoms with Gasteiger partial charge in [-0.15, -0.1) is 0 Å². The maximum absolute atomic E-state index is 11.5. The zero-order valence-electron chi connectivity index (χ0n) is 8.88. The van der Waals surface area contributed by atoms with Gasteiger partial charge in [0.2, 0.25) is 0 Å². The second kappa shape index (κ2) is 4.58. The number of aliphatic hydroxyl groups excluding tert-OH is 1. The Morgan fingerprint density at radius 3 is 3.06 bits per heavy atom. The van der Waals surface area contributed by atoms with Crippen molar-refractivity contribution in [3.8, 4) is 0 Å². The minimum atomic E-state index is 0.00107. The van der Waals surface area contributed by atoms with E-state index in [4.69, 9.17) is 5.11 Å². The van der Waals surface area contributed by atoms with E-state index in [1.807, 2.05) is 19.1 Å². The number of nitrogens with one attached hydrogen (secondary N) is 2. The fraction of sp³-hybridized carbons (Fsp3) is 0.364. The van der Waals surface area contributed by atoms with Crippen LogP contribution in [0.2, 0.25) is 0 Å². The number of hydrogen-bond acceptors (Lipinski definition) is 3. The third-order valence-electron chi connectivity index (χ3n) is 2.53. The summed E-state index contributed by atoms with van der Waals surface area (Å²) in [5, 5.41) is 15.0. The quantitative estimate of drug-likeness (QED) is 0.732. The summed E-state index contributed by atoms with van der Waals surface area (Å²) in [4.78, 5) is 11.5. The Morgan fingerprint density at radius 2 is 2.38 bits per heavy atom. The van der Waals surface area contributed by atoms with Gasteiger partial charge in [-0.3, -0.25) is 4.79 Å². The molecule has 2 rings (SSSR count). The second-order valence-corrected chi connectivity index (χ2v) is 5.07. The molecule has 1 aromatic carbocycles. The highest BCUT2D eigenvalue weighted by atomic mass is 127. The molecule has 1 aromatic rings. The van der Waals surface area contributed by atoms with Crippen LogP contribution in [-0.2, 0) is 6.54 Å². The van der Waals surface area contributed by atoms with E-state index in [1.54, 1.807) is 0 Å². The molecule has 5 heteroatoms. The lowest BCUT2D eigenvalue weighted by Crippen LogP contribution is -2.19. The van der Waals surface area contributed by atoms with Gasteiger partial charge in [0, 0.05) is 21.8 Å². The van der Waals surface area contributed by atoms with Gasteiger partial charge in [-0.2, -0.15) is 0 Å². The first-order valence-electron chi connectivity index (χ1n) is 5.10. The number of anilines is 1. The molecular formula is C11H13IN2O2. The molecule has 1 amide bonds. The minimum Gasteiger partial charge on any atom is -0.394 e. The zero-order chi connectivity index (χ0) is 11.7. The molecule has 86 valence electrons. The van der Waals surface area contributed by atoms with Gasteiger partial charge in [0.15, 0.2) is 0 Å². The van der Waals surface area contributed by atoms with E-state index in [2.05, 4.69) is 33.2 Å². The highest BCUT2D eigenvalue weighted by Gasteiger charge is 2.22. The Morgan fingerprint density at radius 1 is 1.62 bits per heavy atom. The van der Waals surface area contributed by atoms with Gasteiger partial charge in [-0.25, -0.2) is 0 Å². The van der Waals surface area contributed by atoms with Crippen molar-refractivity contribution in [1.29, 1.82) is 0 Å². The van der Waals surface area contributed by atoms with E-state index in [9.17, 15) is 4.79 Å². The van der Waals surface area contributed by atoms with Gasteiger partial charge in [-0.1, -0.05) is 0 Å².